The van der Waals surface area contributed by atoms with Gasteiger partial charge in [0, 0.05) is 6.04 Å². The van der Waals surface area contributed by atoms with Crippen molar-refractivity contribution in [1.82, 2.24) is 4.72 Å². The lowest BCUT2D eigenvalue weighted by Gasteiger charge is -2.29. The first-order valence-electron chi connectivity index (χ1n) is 6.27. The van der Waals surface area contributed by atoms with Crippen LogP contribution in [0.5, 0.6) is 0 Å². The molecule has 1 aromatic rings. The van der Waals surface area contributed by atoms with Gasteiger partial charge in [0.25, 0.3) is 0 Å². The molecule has 1 fully saturated rings. The summed E-state index contributed by atoms with van der Waals surface area (Å²) in [6.07, 6.45) is 4.01. The van der Waals surface area contributed by atoms with Gasteiger partial charge in [-0.2, -0.15) is 0 Å². The van der Waals surface area contributed by atoms with Crippen molar-refractivity contribution in [2.24, 2.45) is 5.92 Å². The van der Waals surface area contributed by atoms with Gasteiger partial charge in [-0.3, -0.25) is 0 Å². The highest BCUT2D eigenvalue weighted by Gasteiger charge is 2.27. The first-order valence-corrected chi connectivity index (χ1v) is 7.76. The average molecular weight is 271 g/mol. The van der Waals surface area contributed by atoms with E-state index in [1.165, 1.54) is 24.3 Å². The molecule has 1 N–H and O–H groups in total. The Labute approximate surface area is 107 Å². The van der Waals surface area contributed by atoms with Crippen LogP contribution in [0.4, 0.5) is 4.39 Å². The third kappa shape index (κ3) is 2.90. The second-order valence-electron chi connectivity index (χ2n) is 4.92. The van der Waals surface area contributed by atoms with Crippen LogP contribution in [-0.2, 0) is 10.0 Å². The number of halogens is 1. The number of nitrogens with one attached hydrogen (secondary N) is 1. The van der Waals surface area contributed by atoms with Gasteiger partial charge in [0.15, 0.2) is 0 Å². The fourth-order valence-electron chi connectivity index (χ4n) is 2.42. The Hall–Kier alpha value is -0.940. The smallest absolute Gasteiger partial charge is 0.208 e. The molecule has 0 unspecified atom stereocenters. The lowest BCUT2D eigenvalue weighted by molar-refractivity contribution is 0.310. The topological polar surface area (TPSA) is 46.2 Å². The zero-order valence-electron chi connectivity index (χ0n) is 10.4. The Morgan fingerprint density at radius 2 is 1.89 bits per heavy atom. The summed E-state index contributed by atoms with van der Waals surface area (Å²) in [5.41, 5.74) is 0. The van der Waals surface area contributed by atoms with Gasteiger partial charge in [0.1, 0.15) is 10.7 Å². The van der Waals surface area contributed by atoms with E-state index in [0.29, 0.717) is 5.92 Å². The number of hydrogen-bond donors (Lipinski definition) is 1. The number of hydrogen-bond acceptors (Lipinski definition) is 2. The van der Waals surface area contributed by atoms with Gasteiger partial charge in [-0.25, -0.2) is 17.5 Å². The van der Waals surface area contributed by atoms with Crippen molar-refractivity contribution in [3.05, 3.63) is 30.1 Å². The van der Waals surface area contributed by atoms with Crippen LogP contribution in [0.25, 0.3) is 0 Å². The Balaban J connectivity index is 2.19. The molecular formula is C13H18FNO2S. The molecule has 5 heteroatoms. The maximum absolute atomic E-state index is 13.5. The van der Waals surface area contributed by atoms with Crippen LogP contribution in [0.1, 0.15) is 32.6 Å². The molecule has 0 spiro atoms. The quantitative estimate of drug-likeness (QED) is 0.918. The van der Waals surface area contributed by atoms with Crippen molar-refractivity contribution >= 4 is 10.0 Å². The molecule has 1 aliphatic carbocycles. The lowest BCUT2D eigenvalue weighted by atomic mass is 9.87. The third-order valence-corrected chi connectivity index (χ3v) is 5.07. The maximum atomic E-state index is 13.5. The summed E-state index contributed by atoms with van der Waals surface area (Å²) in [4.78, 5) is -0.261. The average Bonchev–Trinajstić information content (AvgIpc) is 2.32. The van der Waals surface area contributed by atoms with Gasteiger partial charge in [-0.1, -0.05) is 31.9 Å². The summed E-state index contributed by atoms with van der Waals surface area (Å²) < 4.78 is 40.4. The Morgan fingerprint density at radius 1 is 1.22 bits per heavy atom. The maximum Gasteiger partial charge on any atom is 0.243 e. The van der Waals surface area contributed by atoms with Gasteiger partial charge in [0.2, 0.25) is 10.0 Å². The first-order chi connectivity index (χ1) is 8.50. The van der Waals surface area contributed by atoms with Gasteiger partial charge < -0.3 is 0 Å². The van der Waals surface area contributed by atoms with Crippen LogP contribution in [0.3, 0.4) is 0 Å². The van der Waals surface area contributed by atoms with Crippen molar-refractivity contribution in [3.8, 4) is 0 Å². The van der Waals surface area contributed by atoms with Crippen molar-refractivity contribution in [1.29, 1.82) is 0 Å². The molecule has 1 aromatic carbocycles. The molecule has 0 radical (unpaired) electrons. The minimum atomic E-state index is -3.75. The highest BCUT2D eigenvalue weighted by atomic mass is 32.2. The fourth-order valence-corrected chi connectivity index (χ4v) is 3.87. The van der Waals surface area contributed by atoms with Gasteiger partial charge >= 0.3 is 0 Å². The molecule has 0 aliphatic heterocycles. The van der Waals surface area contributed by atoms with Gasteiger partial charge in [0.05, 0.1) is 0 Å². The van der Waals surface area contributed by atoms with Crippen LogP contribution >= 0.6 is 0 Å². The number of rotatable bonds is 3. The third-order valence-electron chi connectivity index (χ3n) is 3.54. The Bertz CT molecular complexity index is 515. The fraction of sp³-hybridized carbons (Fsp3) is 0.538. The van der Waals surface area contributed by atoms with E-state index in [2.05, 4.69) is 4.72 Å². The molecule has 2 rings (SSSR count). The van der Waals surface area contributed by atoms with E-state index in [9.17, 15) is 12.8 Å². The van der Waals surface area contributed by atoms with Gasteiger partial charge in [-0.05, 0) is 30.9 Å². The van der Waals surface area contributed by atoms with E-state index < -0.39 is 15.8 Å². The molecule has 100 valence electrons. The molecule has 0 saturated heterocycles. The van der Waals surface area contributed by atoms with Crippen LogP contribution in [0.2, 0.25) is 0 Å². The Kier molecular flexibility index (Phi) is 4.02. The summed E-state index contributed by atoms with van der Waals surface area (Å²) in [5, 5.41) is 0. The van der Waals surface area contributed by atoms with Crippen LogP contribution in [-0.4, -0.2) is 14.5 Å². The summed E-state index contributed by atoms with van der Waals surface area (Å²) in [5.74, 6) is -0.395. The summed E-state index contributed by atoms with van der Waals surface area (Å²) in [6.45, 7) is 2.04. The summed E-state index contributed by atoms with van der Waals surface area (Å²) >= 11 is 0. The molecule has 3 nitrogen and oxygen atoms in total. The predicted molar refractivity (Wildman–Crippen MR) is 68.1 cm³/mol. The molecule has 0 heterocycles. The number of sulfonamides is 1. The van der Waals surface area contributed by atoms with E-state index in [0.717, 1.165) is 25.7 Å². The standard InChI is InChI=1S/C13H18FNO2S/c1-10-6-2-4-8-12(10)15-18(16,17)13-9-5-3-7-11(13)14/h3,5,7,9-10,12,15H,2,4,6,8H2,1H3/t10-,12+/m0/s1. The molecule has 18 heavy (non-hydrogen) atoms. The van der Waals surface area contributed by atoms with Crippen molar-refractivity contribution in [2.75, 3.05) is 0 Å². The van der Waals surface area contributed by atoms with Gasteiger partial charge in [-0.15, -0.1) is 0 Å². The van der Waals surface area contributed by atoms with Crippen LogP contribution in [0, 0.1) is 11.7 Å². The van der Waals surface area contributed by atoms with E-state index in [4.69, 9.17) is 0 Å². The van der Waals surface area contributed by atoms with Crippen LogP contribution in [0.15, 0.2) is 29.2 Å². The molecular weight excluding hydrogens is 253 g/mol. The highest BCUT2D eigenvalue weighted by molar-refractivity contribution is 7.89. The first kappa shape index (κ1) is 13.5. The molecule has 0 bridgehead atoms. The van der Waals surface area contributed by atoms with Crippen molar-refractivity contribution in [2.45, 2.75) is 43.5 Å². The predicted octanol–water partition coefficient (Wildman–Crippen LogP) is 2.68. The van der Waals surface area contributed by atoms with Crippen LogP contribution < -0.4 is 4.72 Å². The summed E-state index contributed by atoms with van der Waals surface area (Å²) in [6, 6.07) is 5.40. The molecule has 0 amide bonds. The van der Waals surface area contributed by atoms with E-state index in [1.54, 1.807) is 0 Å². The second kappa shape index (κ2) is 5.36. The van der Waals surface area contributed by atoms with E-state index >= 15 is 0 Å². The molecule has 1 aliphatic rings. The zero-order valence-corrected chi connectivity index (χ0v) is 11.2. The SMILES string of the molecule is C[C@H]1CCCC[C@H]1NS(=O)(=O)c1ccccc1F. The minimum absolute atomic E-state index is 0.0802. The van der Waals surface area contributed by atoms with Crippen molar-refractivity contribution in [3.63, 3.8) is 0 Å². The Morgan fingerprint density at radius 3 is 2.56 bits per heavy atom. The largest absolute Gasteiger partial charge is 0.243 e. The van der Waals surface area contributed by atoms with E-state index in [-0.39, 0.29) is 10.9 Å². The highest BCUT2D eigenvalue weighted by Crippen LogP contribution is 2.25. The summed E-state index contributed by atoms with van der Waals surface area (Å²) in [7, 11) is -3.75. The van der Waals surface area contributed by atoms with E-state index in [1.807, 2.05) is 6.92 Å². The zero-order chi connectivity index (χ0) is 13.2. The monoisotopic (exact) mass is 271 g/mol. The number of benzene rings is 1. The molecule has 0 aromatic heterocycles. The van der Waals surface area contributed by atoms with Crippen molar-refractivity contribution < 1.29 is 12.8 Å². The lowest BCUT2D eigenvalue weighted by Crippen LogP contribution is -2.41. The minimum Gasteiger partial charge on any atom is -0.208 e. The normalized spacial score (nSPS) is 25.0. The second-order valence-corrected chi connectivity index (χ2v) is 6.60. The molecule has 1 saturated carbocycles. The molecule has 2 atom stereocenters.